The van der Waals surface area contributed by atoms with Crippen LogP contribution in [0, 0.1) is 11.6 Å². The van der Waals surface area contributed by atoms with Crippen LogP contribution in [0.3, 0.4) is 0 Å². The molecule has 1 unspecified atom stereocenters. The van der Waals surface area contributed by atoms with E-state index in [-0.39, 0.29) is 48.5 Å². The maximum Gasteiger partial charge on any atom is 0.416 e. The van der Waals surface area contributed by atoms with Gasteiger partial charge in [-0.05, 0) is 43.7 Å². The number of aliphatic hydroxyl groups is 1. The van der Waals surface area contributed by atoms with E-state index >= 15 is 4.39 Å². The molecule has 240 valence electrons. The fraction of sp³-hybridized carbons (Fsp3) is 0.312. The molecular weight excluding hydrogens is 601 g/mol. The van der Waals surface area contributed by atoms with Crippen molar-refractivity contribution in [1.29, 1.82) is 0 Å². The average Bonchev–Trinajstić information content (AvgIpc) is 2.99. The second kappa shape index (κ2) is 14.1. The average molecular weight is 634 g/mol. The molecule has 8 nitrogen and oxygen atoms in total. The number of nitrogens with one attached hydrogen (secondary N) is 1. The van der Waals surface area contributed by atoms with Crippen LogP contribution in [0.4, 0.5) is 22.0 Å². The highest BCUT2D eigenvalue weighted by Gasteiger charge is 2.42. The first-order valence-electron chi connectivity index (χ1n) is 14.0. The largest absolute Gasteiger partial charge is 0.494 e. The molecule has 0 spiro atoms. The van der Waals surface area contributed by atoms with Crippen molar-refractivity contribution < 1.29 is 46.5 Å². The zero-order valence-electron chi connectivity index (χ0n) is 24.4. The van der Waals surface area contributed by atoms with E-state index in [0.29, 0.717) is 11.6 Å². The number of hydrogen-bond acceptors (Lipinski definition) is 6. The van der Waals surface area contributed by atoms with Gasteiger partial charge in [-0.1, -0.05) is 48.5 Å². The van der Waals surface area contributed by atoms with Crippen LogP contribution in [0.2, 0.25) is 0 Å². The minimum absolute atomic E-state index is 0.0852. The molecule has 0 radical (unpaired) electrons. The predicted molar refractivity (Wildman–Crippen MR) is 154 cm³/mol. The molecule has 3 N–H and O–H groups in total. The molecule has 0 aromatic heterocycles. The zero-order chi connectivity index (χ0) is 32.9. The number of methoxy groups -OCH3 is 1. The van der Waals surface area contributed by atoms with Gasteiger partial charge in [0.05, 0.1) is 30.8 Å². The van der Waals surface area contributed by atoms with Crippen LogP contribution >= 0.6 is 0 Å². The third kappa shape index (κ3) is 7.43. The normalized spacial score (nSPS) is 16.3. The fourth-order valence-electron chi connectivity index (χ4n) is 5.28. The van der Waals surface area contributed by atoms with Crippen LogP contribution in [0.5, 0.6) is 5.75 Å². The molecule has 2 atom stereocenters. The molecule has 0 bridgehead atoms. The van der Waals surface area contributed by atoms with Gasteiger partial charge in [-0.3, -0.25) is 14.5 Å². The monoisotopic (exact) mass is 633 g/mol. The first-order valence-corrected chi connectivity index (χ1v) is 14.0. The Bertz CT molecular complexity index is 1560. The summed E-state index contributed by atoms with van der Waals surface area (Å²) in [5.41, 5.74) is -1.95. The quantitative estimate of drug-likeness (QED) is 0.178. The lowest BCUT2D eigenvalue weighted by Crippen LogP contribution is -2.56. The van der Waals surface area contributed by atoms with Crippen LogP contribution in [-0.2, 0) is 22.3 Å². The summed E-state index contributed by atoms with van der Waals surface area (Å²) in [6.07, 6.45) is -6.69. The number of carbonyl (C=O) groups excluding carboxylic acids is 1. The Kier molecular flexibility index (Phi) is 10.5. The first kappa shape index (κ1) is 33.4. The van der Waals surface area contributed by atoms with E-state index < -0.39 is 59.8 Å². The van der Waals surface area contributed by atoms with Gasteiger partial charge < -0.3 is 25.2 Å². The molecule has 3 aromatic carbocycles. The van der Waals surface area contributed by atoms with Crippen molar-refractivity contribution in [3.05, 3.63) is 106 Å². The van der Waals surface area contributed by atoms with Crippen LogP contribution < -0.4 is 10.1 Å². The molecule has 0 fully saturated rings. The number of rotatable bonds is 12. The van der Waals surface area contributed by atoms with Gasteiger partial charge in [0, 0.05) is 29.8 Å². The molecule has 0 saturated heterocycles. The first-order chi connectivity index (χ1) is 21.3. The number of aliphatic carboxylic acids is 1. The molecule has 45 heavy (non-hydrogen) atoms. The molecule has 4 rings (SSSR count). The van der Waals surface area contributed by atoms with Crippen LogP contribution in [0.15, 0.2) is 72.4 Å². The number of amides is 1. The third-order valence-corrected chi connectivity index (χ3v) is 7.57. The van der Waals surface area contributed by atoms with E-state index in [4.69, 9.17) is 9.84 Å². The van der Waals surface area contributed by atoms with Gasteiger partial charge in [0.25, 0.3) is 5.91 Å². The Balaban J connectivity index is 1.82. The summed E-state index contributed by atoms with van der Waals surface area (Å²) in [6.45, 7) is 0.471. The van der Waals surface area contributed by atoms with Gasteiger partial charge in [0.1, 0.15) is 5.82 Å². The number of ether oxygens (including phenoxy) is 1. The van der Waals surface area contributed by atoms with E-state index in [1.165, 1.54) is 32.2 Å². The summed E-state index contributed by atoms with van der Waals surface area (Å²) in [7, 11) is 1.23. The molecule has 1 aliphatic heterocycles. The Morgan fingerprint density at radius 1 is 1.02 bits per heavy atom. The second-order valence-electron chi connectivity index (χ2n) is 10.4. The van der Waals surface area contributed by atoms with E-state index in [0.717, 1.165) is 21.9 Å². The van der Waals surface area contributed by atoms with Gasteiger partial charge >= 0.3 is 12.1 Å². The smallest absolute Gasteiger partial charge is 0.416 e. The Hall–Kier alpha value is -4.49. The number of hydrogen-bond donors (Lipinski definition) is 3. The van der Waals surface area contributed by atoms with Gasteiger partial charge in [-0.2, -0.15) is 13.2 Å². The number of carboxylic acids is 1. The number of nitrogens with zero attached hydrogens (tertiary/aromatic N) is 2. The lowest BCUT2D eigenvalue weighted by molar-refractivity contribution is -0.156. The highest BCUT2D eigenvalue weighted by Crippen LogP contribution is 2.39. The molecule has 3 aromatic rings. The van der Waals surface area contributed by atoms with Crippen LogP contribution in [-0.4, -0.2) is 58.4 Å². The van der Waals surface area contributed by atoms with Crippen molar-refractivity contribution in [1.82, 2.24) is 15.1 Å². The van der Waals surface area contributed by atoms with Gasteiger partial charge in [0.15, 0.2) is 11.6 Å². The number of aliphatic hydroxyl groups excluding tert-OH is 1. The lowest BCUT2D eigenvalue weighted by atomic mass is 9.97. The number of alkyl halides is 3. The summed E-state index contributed by atoms with van der Waals surface area (Å²) in [6, 6.07) is 14.6. The standard InChI is InChI=1S/C32H32F5N3O5/c1-19-28(21-11-6-14-26(45-2)29(21)34)30(43)40(18-25(20-9-4-3-5-10-20)38-16-8-15-27(41)42)31(44)39(19)17-22-23(32(35,36)37)12-7-13-24(22)33/h3-7,9-14,25,31,38,44H,8,15-18H2,1-2H3,(H,41,42)/t25-,31?/m0/s1. The van der Waals surface area contributed by atoms with Crippen LogP contribution in [0.25, 0.3) is 5.57 Å². The minimum Gasteiger partial charge on any atom is -0.494 e. The van der Waals surface area contributed by atoms with E-state index in [1.807, 2.05) is 0 Å². The molecule has 1 heterocycles. The Labute approximate surface area is 256 Å². The maximum absolute atomic E-state index is 15.6. The van der Waals surface area contributed by atoms with Crippen molar-refractivity contribution in [3.8, 4) is 5.75 Å². The molecule has 13 heteroatoms. The number of carboxylic acid groups (broad SMARTS) is 1. The fourth-order valence-corrected chi connectivity index (χ4v) is 5.28. The number of carbonyl (C=O) groups is 2. The van der Waals surface area contributed by atoms with E-state index in [1.54, 1.807) is 30.3 Å². The predicted octanol–water partition coefficient (Wildman–Crippen LogP) is 5.54. The van der Waals surface area contributed by atoms with E-state index in [9.17, 15) is 32.3 Å². The van der Waals surface area contributed by atoms with Gasteiger partial charge in [0.2, 0.25) is 6.35 Å². The van der Waals surface area contributed by atoms with Gasteiger partial charge in [-0.25, -0.2) is 8.78 Å². The highest BCUT2D eigenvalue weighted by molar-refractivity contribution is 6.21. The zero-order valence-corrected chi connectivity index (χ0v) is 24.4. The van der Waals surface area contributed by atoms with Crippen LogP contribution in [0.1, 0.15) is 48.1 Å². The summed E-state index contributed by atoms with van der Waals surface area (Å²) in [5, 5.41) is 23.8. The molecule has 0 saturated carbocycles. The van der Waals surface area contributed by atoms with Gasteiger partial charge in [-0.15, -0.1) is 0 Å². The summed E-state index contributed by atoms with van der Waals surface area (Å²) in [5.74, 6) is -4.11. The second-order valence-corrected chi connectivity index (χ2v) is 10.4. The summed E-state index contributed by atoms with van der Waals surface area (Å²) < 4.78 is 77.4. The summed E-state index contributed by atoms with van der Waals surface area (Å²) in [4.78, 5) is 27.1. The Morgan fingerprint density at radius 2 is 1.71 bits per heavy atom. The number of benzene rings is 3. The SMILES string of the molecule is COc1cccc(C2=C(C)N(Cc3c(F)cccc3C(F)(F)F)C(O)N(C[C@H](NCCCC(=O)O)c3ccccc3)C2=O)c1F. The topological polar surface area (TPSA) is 102 Å². The van der Waals surface area contributed by atoms with Crippen molar-refractivity contribution >= 4 is 17.4 Å². The molecule has 0 aliphatic carbocycles. The minimum atomic E-state index is -4.93. The van der Waals surface area contributed by atoms with Crippen molar-refractivity contribution in [2.75, 3.05) is 20.2 Å². The third-order valence-electron chi connectivity index (χ3n) is 7.57. The molecule has 1 amide bonds. The number of allylic oxidation sites excluding steroid dienone is 1. The highest BCUT2D eigenvalue weighted by atomic mass is 19.4. The van der Waals surface area contributed by atoms with E-state index in [2.05, 4.69) is 5.32 Å². The van der Waals surface area contributed by atoms with Crippen molar-refractivity contribution in [2.45, 2.75) is 44.9 Å². The molecule has 1 aliphatic rings. The Morgan fingerprint density at radius 3 is 2.36 bits per heavy atom. The lowest BCUT2D eigenvalue weighted by Gasteiger charge is -2.44. The summed E-state index contributed by atoms with van der Waals surface area (Å²) >= 11 is 0. The maximum atomic E-state index is 15.6. The van der Waals surface area contributed by atoms with Crippen molar-refractivity contribution in [2.24, 2.45) is 0 Å². The number of halogens is 5. The van der Waals surface area contributed by atoms with Crippen molar-refractivity contribution in [3.63, 3.8) is 0 Å². The molecular formula is C32H32F5N3O5.